The van der Waals surface area contributed by atoms with E-state index in [-0.39, 0.29) is 0 Å². The molecule has 0 unspecified atom stereocenters. The Balaban J connectivity index is 3.06. The first kappa shape index (κ1) is 12.5. The molecule has 0 amide bonds. The lowest BCUT2D eigenvalue weighted by Crippen LogP contribution is -2.15. The Morgan fingerprint density at radius 3 is 2.56 bits per heavy atom. The lowest BCUT2D eigenvalue weighted by atomic mass is 9.99. The molecule has 3 heteroatoms. The zero-order chi connectivity index (χ0) is 12.1. The Morgan fingerprint density at radius 2 is 2.00 bits per heavy atom. The highest BCUT2D eigenvalue weighted by Crippen LogP contribution is 2.29. The molecule has 1 N–H and O–H groups in total. The first-order valence-electron chi connectivity index (χ1n) is 5.33. The van der Waals surface area contributed by atoms with Crippen LogP contribution >= 0.6 is 0 Å². The van der Waals surface area contributed by atoms with E-state index in [0.29, 0.717) is 13.1 Å². The van der Waals surface area contributed by atoms with Gasteiger partial charge in [-0.1, -0.05) is 6.07 Å². The third-order valence-electron chi connectivity index (χ3n) is 2.83. The van der Waals surface area contributed by atoms with Crippen LogP contribution in [-0.4, -0.2) is 13.7 Å². The summed E-state index contributed by atoms with van der Waals surface area (Å²) < 4.78 is 5.45. The second kappa shape index (κ2) is 5.53. The van der Waals surface area contributed by atoms with Crippen LogP contribution in [0.2, 0.25) is 0 Å². The summed E-state index contributed by atoms with van der Waals surface area (Å²) in [7, 11) is 1.69. The summed E-state index contributed by atoms with van der Waals surface area (Å²) in [6, 6.07) is 4.22. The third kappa shape index (κ3) is 2.53. The number of rotatable bonds is 4. The zero-order valence-electron chi connectivity index (χ0n) is 10.3. The van der Waals surface area contributed by atoms with Crippen molar-refractivity contribution in [3.05, 3.63) is 28.3 Å². The Hall–Kier alpha value is -1.53. The van der Waals surface area contributed by atoms with Crippen molar-refractivity contribution in [1.29, 1.82) is 5.26 Å². The number of hydrogen-bond acceptors (Lipinski definition) is 3. The number of benzene rings is 1. The summed E-state index contributed by atoms with van der Waals surface area (Å²) in [5, 5.41) is 11.6. The SMILES string of the molecule is COc1c(C)c(C)cc(C)c1CNCC#N. The number of hydrogen-bond donors (Lipinski definition) is 1. The van der Waals surface area contributed by atoms with Gasteiger partial charge in [0, 0.05) is 12.1 Å². The van der Waals surface area contributed by atoms with E-state index in [9.17, 15) is 0 Å². The predicted molar refractivity (Wildman–Crippen MR) is 64.5 cm³/mol. The third-order valence-corrected chi connectivity index (χ3v) is 2.83. The molecule has 0 fully saturated rings. The van der Waals surface area contributed by atoms with Crippen LogP contribution < -0.4 is 10.1 Å². The average Bonchev–Trinajstić information content (AvgIpc) is 2.26. The number of methoxy groups -OCH3 is 1. The lowest BCUT2D eigenvalue weighted by molar-refractivity contribution is 0.404. The van der Waals surface area contributed by atoms with Gasteiger partial charge >= 0.3 is 0 Å². The van der Waals surface area contributed by atoms with Crippen LogP contribution in [0, 0.1) is 32.1 Å². The van der Waals surface area contributed by atoms with E-state index >= 15 is 0 Å². The van der Waals surface area contributed by atoms with Crippen LogP contribution in [-0.2, 0) is 6.54 Å². The van der Waals surface area contributed by atoms with Gasteiger partial charge in [0.15, 0.2) is 0 Å². The number of nitrogens with zero attached hydrogens (tertiary/aromatic N) is 1. The van der Waals surface area contributed by atoms with Gasteiger partial charge < -0.3 is 10.1 Å². The molecule has 0 aliphatic rings. The molecule has 86 valence electrons. The molecule has 1 aromatic rings. The molecule has 0 bridgehead atoms. The minimum Gasteiger partial charge on any atom is -0.496 e. The number of aryl methyl sites for hydroxylation is 2. The molecule has 0 spiro atoms. The maximum Gasteiger partial charge on any atom is 0.126 e. The van der Waals surface area contributed by atoms with Crippen LogP contribution in [0.4, 0.5) is 0 Å². The summed E-state index contributed by atoms with van der Waals surface area (Å²) in [4.78, 5) is 0. The highest BCUT2D eigenvalue weighted by Gasteiger charge is 2.11. The quantitative estimate of drug-likeness (QED) is 0.622. The first-order valence-corrected chi connectivity index (χ1v) is 5.33. The van der Waals surface area contributed by atoms with Gasteiger partial charge in [0.25, 0.3) is 0 Å². The Kier molecular flexibility index (Phi) is 4.33. The van der Waals surface area contributed by atoms with Crippen molar-refractivity contribution in [2.45, 2.75) is 27.3 Å². The molecule has 0 saturated heterocycles. The van der Waals surface area contributed by atoms with E-state index in [1.54, 1.807) is 7.11 Å². The normalized spacial score (nSPS) is 9.94. The molecule has 1 rings (SSSR count). The van der Waals surface area contributed by atoms with Gasteiger partial charge in [-0.25, -0.2) is 0 Å². The molecule has 0 saturated carbocycles. The van der Waals surface area contributed by atoms with Crippen molar-refractivity contribution in [1.82, 2.24) is 5.32 Å². The van der Waals surface area contributed by atoms with Gasteiger partial charge in [0.1, 0.15) is 5.75 Å². The summed E-state index contributed by atoms with van der Waals surface area (Å²) in [6.45, 7) is 7.23. The molecule has 0 aliphatic carbocycles. The second-order valence-electron chi connectivity index (χ2n) is 3.91. The summed E-state index contributed by atoms with van der Waals surface area (Å²) in [5.74, 6) is 0.933. The fourth-order valence-corrected chi connectivity index (χ4v) is 1.84. The van der Waals surface area contributed by atoms with Crippen molar-refractivity contribution in [3.8, 4) is 11.8 Å². The topological polar surface area (TPSA) is 45.0 Å². The number of ether oxygens (including phenoxy) is 1. The van der Waals surface area contributed by atoms with E-state index in [1.807, 2.05) is 0 Å². The summed E-state index contributed by atoms with van der Waals surface area (Å²) >= 11 is 0. The maximum absolute atomic E-state index is 8.50. The Bertz CT molecular complexity index is 419. The minimum absolute atomic E-state index is 0.357. The standard InChI is InChI=1S/C13H18N2O/c1-9-7-10(2)12(8-15-6-5-14)13(16-4)11(9)3/h7,15H,6,8H2,1-4H3. The molecule has 0 radical (unpaired) electrons. The molecule has 0 aliphatic heterocycles. The smallest absolute Gasteiger partial charge is 0.126 e. The van der Waals surface area contributed by atoms with Gasteiger partial charge in [0.05, 0.1) is 19.7 Å². The Morgan fingerprint density at radius 1 is 1.31 bits per heavy atom. The fraction of sp³-hybridized carbons (Fsp3) is 0.462. The second-order valence-corrected chi connectivity index (χ2v) is 3.91. The molecular formula is C13H18N2O. The van der Waals surface area contributed by atoms with Crippen molar-refractivity contribution < 1.29 is 4.74 Å². The van der Waals surface area contributed by atoms with Gasteiger partial charge in [-0.2, -0.15) is 5.26 Å². The van der Waals surface area contributed by atoms with Crippen molar-refractivity contribution in [3.63, 3.8) is 0 Å². The lowest BCUT2D eigenvalue weighted by Gasteiger charge is -2.16. The highest BCUT2D eigenvalue weighted by molar-refractivity contribution is 5.49. The van der Waals surface area contributed by atoms with Crippen molar-refractivity contribution >= 4 is 0 Å². The maximum atomic E-state index is 8.50. The largest absolute Gasteiger partial charge is 0.496 e. The monoisotopic (exact) mass is 218 g/mol. The van der Waals surface area contributed by atoms with Crippen LogP contribution in [0.1, 0.15) is 22.3 Å². The molecule has 3 nitrogen and oxygen atoms in total. The van der Waals surface area contributed by atoms with Gasteiger partial charge in [-0.05, 0) is 37.5 Å². The molecule has 0 aromatic heterocycles. The molecule has 1 aromatic carbocycles. The van der Waals surface area contributed by atoms with Crippen LogP contribution in [0.25, 0.3) is 0 Å². The number of nitrogens with one attached hydrogen (secondary N) is 1. The van der Waals surface area contributed by atoms with Crippen LogP contribution in [0.3, 0.4) is 0 Å². The average molecular weight is 218 g/mol. The van der Waals surface area contributed by atoms with Crippen molar-refractivity contribution in [2.75, 3.05) is 13.7 Å². The molecular weight excluding hydrogens is 200 g/mol. The Labute approximate surface area is 97.0 Å². The predicted octanol–water partition coefficient (Wildman–Crippen LogP) is 2.23. The number of nitriles is 1. The van der Waals surface area contributed by atoms with Crippen LogP contribution in [0.5, 0.6) is 5.75 Å². The van der Waals surface area contributed by atoms with Gasteiger partial charge in [0.2, 0.25) is 0 Å². The summed E-state index contributed by atoms with van der Waals surface area (Å²) in [5.41, 5.74) is 4.74. The van der Waals surface area contributed by atoms with Gasteiger partial charge in [-0.15, -0.1) is 0 Å². The van der Waals surface area contributed by atoms with E-state index in [1.165, 1.54) is 16.7 Å². The molecule has 0 heterocycles. The summed E-state index contributed by atoms with van der Waals surface area (Å²) in [6.07, 6.45) is 0. The van der Waals surface area contributed by atoms with Gasteiger partial charge in [-0.3, -0.25) is 0 Å². The van der Waals surface area contributed by atoms with E-state index in [0.717, 1.165) is 11.3 Å². The highest BCUT2D eigenvalue weighted by atomic mass is 16.5. The first-order chi connectivity index (χ1) is 7.61. The van der Waals surface area contributed by atoms with Crippen LogP contribution in [0.15, 0.2) is 6.07 Å². The van der Waals surface area contributed by atoms with E-state index in [4.69, 9.17) is 10.00 Å². The van der Waals surface area contributed by atoms with E-state index in [2.05, 4.69) is 38.2 Å². The zero-order valence-corrected chi connectivity index (χ0v) is 10.3. The molecule has 16 heavy (non-hydrogen) atoms. The van der Waals surface area contributed by atoms with E-state index < -0.39 is 0 Å². The van der Waals surface area contributed by atoms with Crippen molar-refractivity contribution in [2.24, 2.45) is 0 Å². The minimum atomic E-state index is 0.357. The molecule has 0 atom stereocenters. The fourth-order valence-electron chi connectivity index (χ4n) is 1.84.